The van der Waals surface area contributed by atoms with Gasteiger partial charge >= 0.3 is 0 Å². The van der Waals surface area contributed by atoms with Crippen LogP contribution >= 0.6 is 0 Å². The standard InChI is InChI=1S/C21H22FN3O3/c1-13-3-6-15(9-18(13)22)20-23-21(28-24-20)19-10-16(26)12-25(19)11-14-4-7-17(27-2)8-5-14/h3-9,16,19,26H,10-12H2,1-2H3/t16-,19+/m1/s1. The first-order valence-electron chi connectivity index (χ1n) is 9.18. The summed E-state index contributed by atoms with van der Waals surface area (Å²) in [7, 11) is 1.63. The van der Waals surface area contributed by atoms with Crippen LogP contribution in [-0.4, -0.2) is 39.9 Å². The van der Waals surface area contributed by atoms with Crippen molar-refractivity contribution in [2.24, 2.45) is 0 Å². The van der Waals surface area contributed by atoms with Crippen molar-refractivity contribution in [1.82, 2.24) is 15.0 Å². The molecule has 3 aromatic rings. The molecule has 0 bridgehead atoms. The average Bonchev–Trinajstić information content (AvgIpc) is 3.31. The number of hydrogen-bond acceptors (Lipinski definition) is 6. The lowest BCUT2D eigenvalue weighted by molar-refractivity contribution is 0.169. The number of likely N-dealkylation sites (tertiary alicyclic amines) is 1. The van der Waals surface area contributed by atoms with Crippen molar-refractivity contribution in [3.63, 3.8) is 0 Å². The van der Waals surface area contributed by atoms with E-state index in [0.717, 1.165) is 11.3 Å². The molecule has 0 unspecified atom stereocenters. The Labute approximate surface area is 162 Å². The summed E-state index contributed by atoms with van der Waals surface area (Å²) in [5, 5.41) is 14.2. The van der Waals surface area contributed by atoms with E-state index in [0.29, 0.717) is 42.4 Å². The van der Waals surface area contributed by atoms with Crippen LogP contribution in [0.5, 0.6) is 5.75 Å². The van der Waals surface area contributed by atoms with Gasteiger partial charge in [0.2, 0.25) is 11.7 Å². The lowest BCUT2D eigenvalue weighted by Gasteiger charge is -2.21. The molecule has 1 fully saturated rings. The number of aliphatic hydroxyl groups is 1. The SMILES string of the molecule is COc1ccc(CN2C[C@H](O)C[C@H]2c2nc(-c3ccc(C)c(F)c3)no2)cc1. The topological polar surface area (TPSA) is 71.6 Å². The number of aryl methyl sites for hydroxylation is 1. The first kappa shape index (κ1) is 18.6. The molecule has 1 aromatic heterocycles. The zero-order valence-corrected chi connectivity index (χ0v) is 15.8. The molecule has 0 aliphatic carbocycles. The van der Waals surface area contributed by atoms with Gasteiger partial charge in [-0.15, -0.1) is 0 Å². The van der Waals surface area contributed by atoms with Gasteiger partial charge in [-0.3, -0.25) is 4.90 Å². The second-order valence-electron chi connectivity index (χ2n) is 7.10. The van der Waals surface area contributed by atoms with Gasteiger partial charge in [0.15, 0.2) is 0 Å². The Morgan fingerprint density at radius 3 is 2.75 bits per heavy atom. The number of ether oxygens (including phenoxy) is 1. The molecular formula is C21H22FN3O3. The molecule has 146 valence electrons. The maximum Gasteiger partial charge on any atom is 0.244 e. The van der Waals surface area contributed by atoms with Gasteiger partial charge in [-0.25, -0.2) is 4.39 Å². The van der Waals surface area contributed by atoms with E-state index in [1.807, 2.05) is 24.3 Å². The molecule has 28 heavy (non-hydrogen) atoms. The fourth-order valence-electron chi connectivity index (χ4n) is 3.50. The highest BCUT2D eigenvalue weighted by Gasteiger charge is 2.36. The highest BCUT2D eigenvalue weighted by molar-refractivity contribution is 5.55. The Morgan fingerprint density at radius 2 is 2.04 bits per heavy atom. The number of β-amino-alcohol motifs (C(OH)–C–C–N with tert-alkyl or cyclic N) is 1. The average molecular weight is 383 g/mol. The van der Waals surface area contributed by atoms with Gasteiger partial charge in [0.05, 0.1) is 19.3 Å². The van der Waals surface area contributed by atoms with Crippen LogP contribution in [0.4, 0.5) is 4.39 Å². The number of aromatic nitrogens is 2. The number of halogens is 1. The number of hydrogen-bond donors (Lipinski definition) is 1. The number of nitrogens with zero attached hydrogens (tertiary/aromatic N) is 3. The largest absolute Gasteiger partial charge is 0.497 e. The van der Waals surface area contributed by atoms with E-state index in [-0.39, 0.29) is 11.9 Å². The van der Waals surface area contributed by atoms with E-state index in [4.69, 9.17) is 9.26 Å². The van der Waals surface area contributed by atoms with Gasteiger partial charge < -0.3 is 14.4 Å². The first-order valence-corrected chi connectivity index (χ1v) is 9.18. The summed E-state index contributed by atoms with van der Waals surface area (Å²) in [5.74, 6) is 1.27. The van der Waals surface area contributed by atoms with Crippen LogP contribution in [0.1, 0.15) is 29.5 Å². The number of methoxy groups -OCH3 is 1. The number of rotatable bonds is 5. The summed E-state index contributed by atoms with van der Waals surface area (Å²) in [4.78, 5) is 6.58. The quantitative estimate of drug-likeness (QED) is 0.727. The third-order valence-electron chi connectivity index (χ3n) is 5.08. The van der Waals surface area contributed by atoms with E-state index in [2.05, 4.69) is 15.0 Å². The molecule has 1 aliphatic heterocycles. The summed E-state index contributed by atoms with van der Waals surface area (Å²) in [5.41, 5.74) is 2.23. The lowest BCUT2D eigenvalue weighted by atomic mass is 10.1. The minimum absolute atomic E-state index is 0.186. The zero-order valence-electron chi connectivity index (χ0n) is 15.8. The van der Waals surface area contributed by atoms with Gasteiger partial charge in [0.1, 0.15) is 11.6 Å². The van der Waals surface area contributed by atoms with Crippen LogP contribution in [0.2, 0.25) is 0 Å². The van der Waals surface area contributed by atoms with Crippen molar-refractivity contribution in [1.29, 1.82) is 0 Å². The Balaban J connectivity index is 1.54. The van der Waals surface area contributed by atoms with Crippen LogP contribution in [0.15, 0.2) is 47.0 Å². The fraction of sp³-hybridized carbons (Fsp3) is 0.333. The van der Waals surface area contributed by atoms with Crippen molar-refractivity contribution in [3.8, 4) is 17.1 Å². The Kier molecular flexibility index (Phi) is 5.11. The summed E-state index contributed by atoms with van der Waals surface area (Å²) >= 11 is 0. The number of aliphatic hydroxyl groups excluding tert-OH is 1. The molecule has 0 radical (unpaired) electrons. The third-order valence-corrected chi connectivity index (χ3v) is 5.08. The molecule has 7 heteroatoms. The van der Waals surface area contributed by atoms with Crippen molar-refractivity contribution in [2.45, 2.75) is 32.0 Å². The van der Waals surface area contributed by atoms with E-state index >= 15 is 0 Å². The maximum absolute atomic E-state index is 13.8. The van der Waals surface area contributed by atoms with Crippen molar-refractivity contribution in [3.05, 3.63) is 65.3 Å². The van der Waals surface area contributed by atoms with E-state index < -0.39 is 6.10 Å². The van der Waals surface area contributed by atoms with Crippen LogP contribution < -0.4 is 4.74 Å². The number of benzene rings is 2. The van der Waals surface area contributed by atoms with E-state index in [9.17, 15) is 9.50 Å². The minimum atomic E-state index is -0.463. The highest BCUT2D eigenvalue weighted by atomic mass is 19.1. The summed E-state index contributed by atoms with van der Waals surface area (Å²) in [6.45, 7) is 2.87. The minimum Gasteiger partial charge on any atom is -0.497 e. The van der Waals surface area contributed by atoms with Gasteiger partial charge in [-0.2, -0.15) is 4.98 Å². The molecule has 6 nitrogen and oxygen atoms in total. The van der Waals surface area contributed by atoms with Crippen LogP contribution in [-0.2, 0) is 6.54 Å². The molecule has 1 saturated heterocycles. The molecule has 0 spiro atoms. The molecule has 1 N–H and O–H groups in total. The predicted molar refractivity (Wildman–Crippen MR) is 101 cm³/mol. The van der Waals surface area contributed by atoms with Gasteiger partial charge in [0, 0.05) is 18.7 Å². The van der Waals surface area contributed by atoms with Crippen molar-refractivity contribution in [2.75, 3.05) is 13.7 Å². The Morgan fingerprint density at radius 1 is 1.25 bits per heavy atom. The van der Waals surface area contributed by atoms with Crippen LogP contribution in [0, 0.1) is 12.7 Å². The second kappa shape index (κ2) is 7.69. The van der Waals surface area contributed by atoms with Crippen LogP contribution in [0.3, 0.4) is 0 Å². The Bertz CT molecular complexity index is 958. The van der Waals surface area contributed by atoms with Crippen molar-refractivity contribution < 1.29 is 18.8 Å². The summed E-state index contributed by atoms with van der Waals surface area (Å²) < 4.78 is 24.5. The van der Waals surface area contributed by atoms with Crippen molar-refractivity contribution >= 4 is 0 Å². The summed E-state index contributed by atoms with van der Waals surface area (Å²) in [6.07, 6.45) is 0.0514. The molecule has 2 atom stereocenters. The zero-order chi connectivity index (χ0) is 19.7. The van der Waals surface area contributed by atoms with E-state index in [1.165, 1.54) is 6.07 Å². The van der Waals surface area contributed by atoms with Gasteiger partial charge in [-0.05, 0) is 42.7 Å². The van der Waals surface area contributed by atoms with E-state index in [1.54, 1.807) is 26.2 Å². The maximum atomic E-state index is 13.8. The molecule has 2 aromatic carbocycles. The molecule has 2 heterocycles. The normalized spacial score (nSPS) is 19.9. The smallest absolute Gasteiger partial charge is 0.244 e. The molecule has 0 saturated carbocycles. The molecule has 1 aliphatic rings. The lowest BCUT2D eigenvalue weighted by Crippen LogP contribution is -2.24. The monoisotopic (exact) mass is 383 g/mol. The first-order chi connectivity index (χ1) is 13.5. The predicted octanol–water partition coefficient (Wildman–Crippen LogP) is 3.50. The molecular weight excluding hydrogens is 361 g/mol. The molecule has 4 rings (SSSR count). The van der Waals surface area contributed by atoms with Gasteiger partial charge in [-0.1, -0.05) is 29.4 Å². The highest BCUT2D eigenvalue weighted by Crippen LogP contribution is 2.33. The summed E-state index contributed by atoms with van der Waals surface area (Å²) in [6, 6.07) is 12.5. The second-order valence-corrected chi connectivity index (χ2v) is 7.10. The molecule has 0 amide bonds. The fourth-order valence-corrected chi connectivity index (χ4v) is 3.50. The third kappa shape index (κ3) is 3.76. The van der Waals surface area contributed by atoms with Crippen LogP contribution in [0.25, 0.3) is 11.4 Å². The Hall–Kier alpha value is -2.77. The van der Waals surface area contributed by atoms with Gasteiger partial charge in [0.25, 0.3) is 0 Å².